The van der Waals surface area contributed by atoms with E-state index >= 15 is 0 Å². The Morgan fingerprint density at radius 3 is 2.01 bits per heavy atom. The first-order valence-corrected chi connectivity index (χ1v) is 24.6. The third kappa shape index (κ3) is 7.85. The number of para-hydroxylation sites is 1. The van der Waals surface area contributed by atoms with Crippen LogP contribution >= 0.6 is 0 Å². The third-order valence-electron chi connectivity index (χ3n) is 15.4. The van der Waals surface area contributed by atoms with Crippen molar-refractivity contribution in [1.82, 2.24) is 9.97 Å². The maximum atomic E-state index is 7.08. The molecule has 2 aromatic heterocycles. The van der Waals surface area contributed by atoms with Crippen LogP contribution in [0.3, 0.4) is 0 Å². The second kappa shape index (κ2) is 17.3. The van der Waals surface area contributed by atoms with Gasteiger partial charge in [-0.25, -0.2) is 4.98 Å². The van der Waals surface area contributed by atoms with Crippen molar-refractivity contribution < 1.29 is 25.8 Å². The van der Waals surface area contributed by atoms with Crippen LogP contribution in [0.25, 0.3) is 22.4 Å². The number of amidine groups is 1. The van der Waals surface area contributed by atoms with E-state index in [1.807, 2.05) is 36.7 Å². The number of ether oxygens (including phenoxy) is 1. The minimum Gasteiger partial charge on any atom is -0.503 e. The average molecular weight is 1110 g/mol. The quantitative estimate of drug-likeness (QED) is 0.155. The summed E-state index contributed by atoms with van der Waals surface area (Å²) < 4.78 is 7.08. The Labute approximate surface area is 435 Å². The van der Waals surface area contributed by atoms with Crippen molar-refractivity contribution in [1.29, 1.82) is 0 Å². The first kappa shape index (κ1) is 48.0. The van der Waals surface area contributed by atoms with Crippen LogP contribution in [0.4, 0.5) is 22.9 Å². The third-order valence-corrected chi connectivity index (χ3v) is 15.4. The maximum absolute atomic E-state index is 7.08. The summed E-state index contributed by atoms with van der Waals surface area (Å²) in [5.41, 5.74) is 22.0. The molecule has 2 atom stereocenters. The van der Waals surface area contributed by atoms with Gasteiger partial charge in [0, 0.05) is 35.3 Å². The zero-order chi connectivity index (χ0) is 49.2. The molecule has 3 aliphatic rings. The molecule has 1 aliphatic carbocycles. The molecule has 4 heterocycles. The molecule has 0 unspecified atom stereocenters. The van der Waals surface area contributed by atoms with Crippen LogP contribution < -0.4 is 14.5 Å². The molecule has 0 amide bonds. The number of aryl methyl sites for hydroxylation is 7. The average Bonchev–Trinajstić information content (AvgIpc) is 3.63. The van der Waals surface area contributed by atoms with Crippen molar-refractivity contribution >= 4 is 28.7 Å². The van der Waals surface area contributed by atoms with E-state index in [2.05, 4.69) is 203 Å². The Morgan fingerprint density at radius 1 is 0.606 bits per heavy atom. The van der Waals surface area contributed by atoms with Crippen LogP contribution in [0.15, 0.2) is 133 Å². The SMILES string of the molecule is Cc1cc(C)c(N2C(c3[c-]c(Oc4[c-]c5c(cc4)C(C)(C)c4ccccc4N5c4cc(C(C)(C)C)ccn4)cc(-c4ccccn4)c3)=N[C@]3(C)c4cc(C)c(C)cc4-c4cc(C)c(C)cc4[C@H]23)c(C)c1.[Pt+2]. The van der Waals surface area contributed by atoms with Crippen molar-refractivity contribution in [3.63, 3.8) is 0 Å². The monoisotopic (exact) mass is 1110 g/mol. The molecule has 0 radical (unpaired) electrons. The van der Waals surface area contributed by atoms with Crippen LogP contribution in [0.1, 0.15) is 120 Å². The molecule has 0 N–H and O–H groups in total. The molecular formula is C64H61N5OPt. The second-order valence-corrected chi connectivity index (χ2v) is 21.8. The summed E-state index contributed by atoms with van der Waals surface area (Å²) in [6, 6.07) is 49.1. The number of hydrogen-bond donors (Lipinski definition) is 0. The zero-order valence-corrected chi connectivity index (χ0v) is 45.4. The topological polar surface area (TPSA) is 53.9 Å². The number of rotatable bonds is 6. The van der Waals surface area contributed by atoms with E-state index in [4.69, 9.17) is 19.7 Å². The van der Waals surface area contributed by atoms with Gasteiger partial charge in [0.05, 0.1) is 23.1 Å². The molecule has 6 aromatic carbocycles. The van der Waals surface area contributed by atoms with E-state index in [0.29, 0.717) is 11.5 Å². The fraction of sp³-hybridized carbons (Fsp3) is 0.266. The van der Waals surface area contributed by atoms with Crippen molar-refractivity contribution in [2.24, 2.45) is 4.99 Å². The second-order valence-electron chi connectivity index (χ2n) is 21.8. The molecule has 71 heavy (non-hydrogen) atoms. The Balaban J connectivity index is 0.00000582. The maximum Gasteiger partial charge on any atom is 2.00 e. The molecule has 0 saturated heterocycles. The summed E-state index contributed by atoms with van der Waals surface area (Å²) in [6.45, 7) is 29.2. The van der Waals surface area contributed by atoms with E-state index in [0.717, 1.165) is 51.1 Å². The Bertz CT molecular complexity index is 3470. The van der Waals surface area contributed by atoms with E-state index in [1.165, 1.54) is 72.3 Å². The van der Waals surface area contributed by atoms with Gasteiger partial charge in [0.2, 0.25) is 0 Å². The van der Waals surface area contributed by atoms with Gasteiger partial charge in [0.25, 0.3) is 0 Å². The Kier molecular flexibility index (Phi) is 11.7. The van der Waals surface area contributed by atoms with Gasteiger partial charge in [-0.1, -0.05) is 124 Å². The van der Waals surface area contributed by atoms with Crippen LogP contribution in [-0.4, -0.2) is 15.8 Å². The molecule has 0 spiro atoms. The van der Waals surface area contributed by atoms with Gasteiger partial charge < -0.3 is 19.5 Å². The van der Waals surface area contributed by atoms with Gasteiger partial charge in [-0.15, -0.1) is 29.3 Å². The van der Waals surface area contributed by atoms with E-state index < -0.39 is 5.54 Å². The van der Waals surface area contributed by atoms with E-state index in [9.17, 15) is 0 Å². The molecule has 6 nitrogen and oxygen atoms in total. The molecule has 0 saturated carbocycles. The normalized spacial score (nSPS) is 17.3. The van der Waals surface area contributed by atoms with Crippen molar-refractivity contribution in [2.75, 3.05) is 9.80 Å². The van der Waals surface area contributed by atoms with E-state index in [-0.39, 0.29) is 37.9 Å². The minimum absolute atomic E-state index is 0. The predicted octanol–water partition coefficient (Wildman–Crippen LogP) is 16.0. The van der Waals surface area contributed by atoms with Crippen molar-refractivity contribution in [3.8, 4) is 33.9 Å². The van der Waals surface area contributed by atoms with Gasteiger partial charge >= 0.3 is 21.1 Å². The molecule has 8 aromatic rings. The number of aromatic nitrogens is 2. The van der Waals surface area contributed by atoms with Gasteiger partial charge in [-0.2, -0.15) is 6.07 Å². The summed E-state index contributed by atoms with van der Waals surface area (Å²) in [4.78, 5) is 20.7. The first-order valence-electron chi connectivity index (χ1n) is 24.6. The largest absolute Gasteiger partial charge is 2.00 e. The summed E-state index contributed by atoms with van der Waals surface area (Å²) in [5, 5.41) is 0. The molecule has 7 heteroatoms. The van der Waals surface area contributed by atoms with Gasteiger partial charge in [0.15, 0.2) is 0 Å². The Morgan fingerprint density at radius 2 is 1.30 bits per heavy atom. The fourth-order valence-corrected chi connectivity index (χ4v) is 11.5. The minimum atomic E-state index is -0.658. The molecular weight excluding hydrogens is 1050 g/mol. The van der Waals surface area contributed by atoms with Crippen molar-refractivity contribution in [2.45, 2.75) is 112 Å². The molecule has 0 fully saturated rings. The van der Waals surface area contributed by atoms with Crippen LogP contribution in [0, 0.1) is 60.6 Å². The molecule has 0 bridgehead atoms. The number of pyridine rings is 2. The Hall–Kier alpha value is -6.62. The van der Waals surface area contributed by atoms with Crippen molar-refractivity contribution in [3.05, 3.63) is 212 Å². The number of nitrogens with zero attached hydrogens (tertiary/aromatic N) is 5. The standard InChI is InChI=1S/C64H61N5O.Pt/c1-37-26-42(6)59(43(7)27-37)69-60-51-30-40(4)38(2)28-49(51)50-29-39(3)41(5)31-54(50)64(60,13)67-61(69)45-32-44(55-19-16-17-24-65-55)33-48(34-45)70-47-21-22-53-57(36-47)68(56-20-15-14-18-52(56)63(53,11)12)58-35-46(23-25-66-58)62(8,9)10;/h14-33,35,60H,1-13H3;/q-2;+2/t60-,64+;/m0./s1. The molecule has 2 aliphatic heterocycles. The number of fused-ring (bicyclic) bond motifs is 8. The van der Waals surface area contributed by atoms with Crippen LogP contribution in [-0.2, 0) is 37.4 Å². The predicted molar refractivity (Wildman–Crippen MR) is 288 cm³/mol. The van der Waals surface area contributed by atoms with E-state index in [1.54, 1.807) is 0 Å². The number of benzene rings is 6. The summed E-state index contributed by atoms with van der Waals surface area (Å²) in [5.74, 6) is 2.79. The summed E-state index contributed by atoms with van der Waals surface area (Å²) in [7, 11) is 0. The number of aliphatic imine (C=N–C) groups is 1. The molecule has 358 valence electrons. The summed E-state index contributed by atoms with van der Waals surface area (Å²) in [6.07, 6.45) is 3.77. The van der Waals surface area contributed by atoms with Crippen LogP contribution in [0.2, 0.25) is 0 Å². The fourth-order valence-electron chi connectivity index (χ4n) is 11.5. The zero-order valence-electron chi connectivity index (χ0n) is 43.2. The molecule has 11 rings (SSSR count). The number of hydrogen-bond acceptors (Lipinski definition) is 6. The van der Waals surface area contributed by atoms with Crippen LogP contribution in [0.5, 0.6) is 11.5 Å². The number of anilines is 4. The van der Waals surface area contributed by atoms with Gasteiger partial charge in [-0.05, 0) is 163 Å². The smallest absolute Gasteiger partial charge is 0.503 e. The van der Waals surface area contributed by atoms with Gasteiger partial charge in [-0.3, -0.25) is 4.98 Å². The summed E-state index contributed by atoms with van der Waals surface area (Å²) >= 11 is 0. The first-order chi connectivity index (χ1) is 33.3. The van der Waals surface area contributed by atoms with Gasteiger partial charge in [0.1, 0.15) is 5.82 Å².